The number of esters is 2. The minimum atomic E-state index is -0.878. The van der Waals surface area contributed by atoms with E-state index in [1.54, 1.807) is 0 Å². The first-order valence-corrected chi connectivity index (χ1v) is 22.6. The smallest absolute Gasteiger partial charge is 0.362 e. The quantitative estimate of drug-likeness (QED) is 0.0286. The third-order valence-electron chi connectivity index (χ3n) is 10.1. The predicted molar refractivity (Wildman–Crippen MR) is 229 cm³/mol. The number of quaternary nitrogens is 1. The first-order valence-electron chi connectivity index (χ1n) is 22.6. The van der Waals surface area contributed by atoms with Crippen LogP contribution in [0.3, 0.4) is 0 Å². The number of carbonyl (C=O) groups is 3. The largest absolute Gasteiger partial charge is 0.477 e. The highest BCUT2D eigenvalue weighted by atomic mass is 16.6. The van der Waals surface area contributed by atoms with Crippen molar-refractivity contribution in [2.45, 2.75) is 206 Å². The van der Waals surface area contributed by atoms with Gasteiger partial charge < -0.3 is 23.8 Å². The van der Waals surface area contributed by atoms with Crippen LogP contribution in [0.25, 0.3) is 0 Å². The van der Waals surface area contributed by atoms with E-state index in [1.807, 2.05) is 27.2 Å². The van der Waals surface area contributed by atoms with Gasteiger partial charge in [0.1, 0.15) is 6.61 Å². The molecule has 55 heavy (non-hydrogen) atoms. The Labute approximate surface area is 338 Å². The van der Waals surface area contributed by atoms with Crippen LogP contribution in [0.1, 0.15) is 194 Å². The molecule has 8 nitrogen and oxygen atoms in total. The molecule has 0 saturated heterocycles. The summed E-state index contributed by atoms with van der Waals surface area (Å²) in [5.74, 6) is -1.49. The van der Waals surface area contributed by atoms with Gasteiger partial charge in [-0.3, -0.25) is 9.59 Å². The SMILES string of the molecule is CC/C=C/C=C/C=C/CCCCCCCC(=O)OC(COCCC(C(=O)O)[N+](C)(C)C)COC(=O)CCCCCCCCCCCCCCCCCCCC. The summed E-state index contributed by atoms with van der Waals surface area (Å²) in [5, 5.41) is 9.61. The van der Waals surface area contributed by atoms with Crippen LogP contribution in [0.5, 0.6) is 0 Å². The third-order valence-corrected chi connectivity index (χ3v) is 10.1. The summed E-state index contributed by atoms with van der Waals surface area (Å²) in [5.41, 5.74) is 0. The van der Waals surface area contributed by atoms with Crippen molar-refractivity contribution < 1.29 is 38.2 Å². The second-order valence-electron chi connectivity index (χ2n) is 16.3. The van der Waals surface area contributed by atoms with E-state index in [-0.39, 0.29) is 36.2 Å². The second kappa shape index (κ2) is 38.4. The molecule has 0 fully saturated rings. The number of ether oxygens (including phenoxy) is 3. The van der Waals surface area contributed by atoms with Crippen LogP contribution in [-0.2, 0) is 28.6 Å². The Morgan fingerprint density at radius 2 is 1.02 bits per heavy atom. The molecule has 320 valence electrons. The van der Waals surface area contributed by atoms with E-state index in [0.29, 0.717) is 19.3 Å². The minimum Gasteiger partial charge on any atom is -0.477 e. The molecule has 0 heterocycles. The average molecular weight is 777 g/mol. The highest BCUT2D eigenvalue weighted by Gasteiger charge is 2.31. The zero-order valence-corrected chi connectivity index (χ0v) is 36.4. The highest BCUT2D eigenvalue weighted by Crippen LogP contribution is 2.16. The molecule has 0 amide bonds. The Morgan fingerprint density at radius 1 is 0.564 bits per heavy atom. The van der Waals surface area contributed by atoms with Gasteiger partial charge in [0.25, 0.3) is 0 Å². The Hall–Kier alpha value is -2.45. The van der Waals surface area contributed by atoms with E-state index in [2.05, 4.69) is 44.2 Å². The van der Waals surface area contributed by atoms with Crippen LogP contribution in [0, 0.1) is 0 Å². The van der Waals surface area contributed by atoms with Crippen LogP contribution in [0.2, 0.25) is 0 Å². The van der Waals surface area contributed by atoms with Crippen molar-refractivity contribution in [3.8, 4) is 0 Å². The van der Waals surface area contributed by atoms with Gasteiger partial charge in [-0.1, -0.05) is 179 Å². The molecule has 0 spiro atoms. The lowest BCUT2D eigenvalue weighted by molar-refractivity contribution is -0.887. The maximum Gasteiger partial charge on any atom is 0.362 e. The fourth-order valence-electron chi connectivity index (χ4n) is 6.62. The van der Waals surface area contributed by atoms with Crippen molar-refractivity contribution >= 4 is 17.9 Å². The highest BCUT2D eigenvalue weighted by molar-refractivity contribution is 5.72. The lowest BCUT2D eigenvalue weighted by atomic mass is 10.0. The number of unbranched alkanes of at least 4 members (excludes halogenated alkanes) is 22. The van der Waals surface area contributed by atoms with Gasteiger partial charge in [-0.15, -0.1) is 0 Å². The molecule has 2 atom stereocenters. The first-order chi connectivity index (χ1) is 26.6. The summed E-state index contributed by atoms with van der Waals surface area (Å²) in [6.07, 6.45) is 43.3. The molecule has 1 N–H and O–H groups in total. The van der Waals surface area contributed by atoms with Gasteiger partial charge in [-0.05, 0) is 32.1 Å². The molecule has 0 aliphatic heterocycles. The number of carbonyl (C=O) groups excluding carboxylic acids is 2. The molecule has 0 aromatic rings. The standard InChI is InChI=1S/C47H85NO7/c1-6-8-10-12-14-16-18-20-21-22-23-24-26-27-29-31-33-35-37-45(49)54-42-43(41-53-40-39-44(47(51)52)48(3,4)5)55-46(50)38-36-34-32-30-28-25-19-17-15-13-11-9-7-2/h9,11,13,15,17,19,43-44H,6-8,10,12,14,16,18,20-42H2,1-5H3/p+1/b11-9+,15-13+,19-17+. The van der Waals surface area contributed by atoms with Gasteiger partial charge in [0, 0.05) is 19.3 Å². The number of carboxylic acid groups (broad SMARTS) is 1. The fraction of sp³-hybridized carbons (Fsp3) is 0.809. The van der Waals surface area contributed by atoms with E-state index in [0.717, 1.165) is 64.2 Å². The molecule has 0 rings (SSSR count). The van der Waals surface area contributed by atoms with Crippen LogP contribution in [0.4, 0.5) is 0 Å². The van der Waals surface area contributed by atoms with Crippen LogP contribution < -0.4 is 0 Å². The summed E-state index contributed by atoms with van der Waals surface area (Å²) in [6, 6.07) is -0.617. The molecule has 8 heteroatoms. The van der Waals surface area contributed by atoms with Crippen molar-refractivity contribution in [1.29, 1.82) is 0 Å². The topological polar surface area (TPSA) is 99.1 Å². The van der Waals surface area contributed by atoms with E-state index in [1.165, 1.54) is 96.3 Å². The van der Waals surface area contributed by atoms with Crippen molar-refractivity contribution in [2.24, 2.45) is 0 Å². The number of hydrogen-bond acceptors (Lipinski definition) is 6. The average Bonchev–Trinajstić information content (AvgIpc) is 3.14. The predicted octanol–water partition coefficient (Wildman–Crippen LogP) is 12.2. The Morgan fingerprint density at radius 3 is 1.49 bits per heavy atom. The van der Waals surface area contributed by atoms with Crippen molar-refractivity contribution in [2.75, 3.05) is 41.0 Å². The molecular formula is C47H86NO7+. The molecule has 2 unspecified atom stereocenters. The van der Waals surface area contributed by atoms with Gasteiger partial charge >= 0.3 is 17.9 Å². The van der Waals surface area contributed by atoms with Crippen molar-refractivity contribution in [3.63, 3.8) is 0 Å². The minimum absolute atomic E-state index is 0.0549. The molecule has 0 radical (unpaired) electrons. The lowest BCUT2D eigenvalue weighted by Crippen LogP contribution is -2.50. The summed E-state index contributed by atoms with van der Waals surface area (Å²) in [4.78, 5) is 37.0. The van der Waals surface area contributed by atoms with Gasteiger partial charge in [0.15, 0.2) is 12.1 Å². The summed E-state index contributed by atoms with van der Waals surface area (Å²) in [7, 11) is 5.52. The molecule has 0 aliphatic carbocycles. The number of rotatable bonds is 40. The second-order valence-corrected chi connectivity index (χ2v) is 16.3. The van der Waals surface area contributed by atoms with Crippen LogP contribution in [0.15, 0.2) is 36.5 Å². The summed E-state index contributed by atoms with van der Waals surface area (Å²) >= 11 is 0. The number of likely N-dealkylation sites (N-methyl/N-ethyl adjacent to an activating group) is 1. The number of carboxylic acids is 1. The number of hydrogen-bond donors (Lipinski definition) is 1. The molecule has 0 aromatic carbocycles. The van der Waals surface area contributed by atoms with Crippen molar-refractivity contribution in [1.82, 2.24) is 0 Å². The maximum absolute atomic E-state index is 12.7. The first kappa shape index (κ1) is 52.6. The van der Waals surface area contributed by atoms with E-state index < -0.39 is 18.1 Å². The summed E-state index contributed by atoms with van der Waals surface area (Å²) < 4.78 is 17.3. The normalized spacial score (nSPS) is 13.3. The van der Waals surface area contributed by atoms with Crippen LogP contribution in [-0.4, -0.2) is 80.6 Å². The fourth-order valence-corrected chi connectivity index (χ4v) is 6.62. The summed E-state index contributed by atoms with van der Waals surface area (Å²) in [6.45, 7) is 4.60. The maximum atomic E-state index is 12.7. The zero-order valence-electron chi connectivity index (χ0n) is 36.4. The molecule has 0 aliphatic rings. The van der Waals surface area contributed by atoms with Gasteiger partial charge in [-0.2, -0.15) is 0 Å². The van der Waals surface area contributed by atoms with Crippen LogP contribution >= 0.6 is 0 Å². The Kier molecular flexibility index (Phi) is 36.7. The van der Waals surface area contributed by atoms with E-state index in [9.17, 15) is 19.5 Å². The molecule has 0 bridgehead atoms. The monoisotopic (exact) mass is 777 g/mol. The Balaban J connectivity index is 4.29. The lowest BCUT2D eigenvalue weighted by Gasteiger charge is -2.31. The van der Waals surface area contributed by atoms with E-state index in [4.69, 9.17) is 14.2 Å². The van der Waals surface area contributed by atoms with Gasteiger partial charge in [0.2, 0.25) is 0 Å². The number of allylic oxidation sites excluding steroid dienone is 6. The third kappa shape index (κ3) is 36.9. The van der Waals surface area contributed by atoms with Crippen molar-refractivity contribution in [3.05, 3.63) is 36.5 Å². The number of nitrogens with zero attached hydrogens (tertiary/aromatic N) is 1. The van der Waals surface area contributed by atoms with Gasteiger partial charge in [-0.25, -0.2) is 4.79 Å². The van der Waals surface area contributed by atoms with E-state index >= 15 is 0 Å². The Bertz CT molecular complexity index is 1000. The van der Waals surface area contributed by atoms with Gasteiger partial charge in [0.05, 0.1) is 34.4 Å². The zero-order chi connectivity index (χ0) is 40.7. The molecule has 0 aromatic heterocycles. The molecular weight excluding hydrogens is 691 g/mol. The molecule has 0 saturated carbocycles. The number of aliphatic carboxylic acids is 1.